The molecule has 0 radical (unpaired) electrons. The van der Waals surface area contributed by atoms with E-state index in [1.165, 1.54) is 6.07 Å². The molecule has 1 heterocycles. The van der Waals surface area contributed by atoms with Crippen molar-refractivity contribution in [1.29, 1.82) is 0 Å². The van der Waals surface area contributed by atoms with E-state index in [2.05, 4.69) is 24.1 Å². The maximum absolute atomic E-state index is 13.6. The van der Waals surface area contributed by atoms with Gasteiger partial charge in [-0.3, -0.25) is 4.90 Å². The third-order valence-electron chi connectivity index (χ3n) is 4.11. The number of rotatable bonds is 5. The third-order valence-corrected chi connectivity index (χ3v) is 4.42. The molecule has 1 N–H and O–H groups in total. The van der Waals surface area contributed by atoms with Crippen LogP contribution in [0.1, 0.15) is 19.4 Å². The van der Waals surface area contributed by atoms with Crippen molar-refractivity contribution in [2.45, 2.75) is 38.5 Å². The SMILES string of the molecule is CNC(Cc1ccc(Cl)c(F)c1)C1CN(C(C)C)CCO1. The summed E-state index contributed by atoms with van der Waals surface area (Å²) in [5.74, 6) is -0.364. The van der Waals surface area contributed by atoms with Crippen LogP contribution in [0.25, 0.3) is 0 Å². The van der Waals surface area contributed by atoms with Crippen molar-refractivity contribution in [2.75, 3.05) is 26.7 Å². The summed E-state index contributed by atoms with van der Waals surface area (Å²) in [6, 6.07) is 5.67. The monoisotopic (exact) mass is 314 g/mol. The van der Waals surface area contributed by atoms with Gasteiger partial charge in [-0.25, -0.2) is 4.39 Å². The molecule has 21 heavy (non-hydrogen) atoms. The van der Waals surface area contributed by atoms with E-state index >= 15 is 0 Å². The minimum Gasteiger partial charge on any atom is -0.374 e. The standard InChI is InChI=1S/C16H24ClFN2O/c1-11(2)20-6-7-21-16(10-20)15(19-3)9-12-4-5-13(17)14(18)8-12/h4-5,8,11,15-16,19H,6-7,9-10H2,1-3H3. The van der Waals surface area contributed by atoms with Crippen LogP contribution in [0.4, 0.5) is 4.39 Å². The van der Waals surface area contributed by atoms with Crippen LogP contribution < -0.4 is 5.32 Å². The normalized spacial score (nSPS) is 21.7. The topological polar surface area (TPSA) is 24.5 Å². The summed E-state index contributed by atoms with van der Waals surface area (Å²) >= 11 is 5.73. The Kier molecular flexibility index (Phi) is 5.99. The lowest BCUT2D eigenvalue weighted by Gasteiger charge is -2.39. The van der Waals surface area contributed by atoms with Crippen molar-refractivity contribution < 1.29 is 9.13 Å². The van der Waals surface area contributed by atoms with Gasteiger partial charge in [0.05, 0.1) is 17.7 Å². The van der Waals surface area contributed by atoms with Gasteiger partial charge in [0.1, 0.15) is 5.82 Å². The molecule has 1 aliphatic heterocycles. The highest BCUT2D eigenvalue weighted by molar-refractivity contribution is 6.30. The van der Waals surface area contributed by atoms with Crippen molar-refractivity contribution in [2.24, 2.45) is 0 Å². The minimum absolute atomic E-state index is 0.116. The molecular weight excluding hydrogens is 291 g/mol. The van der Waals surface area contributed by atoms with Crippen LogP contribution in [0.2, 0.25) is 5.02 Å². The molecule has 0 bridgehead atoms. The molecule has 2 atom stereocenters. The van der Waals surface area contributed by atoms with Gasteiger partial charge in [0.2, 0.25) is 0 Å². The first-order valence-corrected chi connectivity index (χ1v) is 7.86. The zero-order chi connectivity index (χ0) is 15.4. The summed E-state index contributed by atoms with van der Waals surface area (Å²) in [6.45, 7) is 7.02. The first-order chi connectivity index (χ1) is 10.0. The predicted octanol–water partition coefficient (Wildman–Crippen LogP) is 2.72. The number of hydrogen-bond donors (Lipinski definition) is 1. The lowest BCUT2D eigenvalue weighted by molar-refractivity contribution is -0.0541. The molecule has 0 spiro atoms. The van der Waals surface area contributed by atoms with Crippen molar-refractivity contribution in [3.05, 3.63) is 34.6 Å². The molecule has 0 aromatic heterocycles. The van der Waals surface area contributed by atoms with E-state index in [0.29, 0.717) is 6.04 Å². The van der Waals surface area contributed by atoms with Gasteiger partial charge in [0, 0.05) is 25.2 Å². The van der Waals surface area contributed by atoms with Crippen LogP contribution in [0.5, 0.6) is 0 Å². The Hall–Kier alpha value is -0.680. The third kappa shape index (κ3) is 4.39. The number of ether oxygens (including phenoxy) is 1. The molecule has 1 aliphatic rings. The van der Waals surface area contributed by atoms with E-state index < -0.39 is 0 Å². The number of halogens is 2. The van der Waals surface area contributed by atoms with Crippen LogP contribution in [-0.4, -0.2) is 49.8 Å². The maximum atomic E-state index is 13.6. The Labute approximate surface area is 131 Å². The van der Waals surface area contributed by atoms with Gasteiger partial charge in [-0.2, -0.15) is 0 Å². The van der Waals surface area contributed by atoms with Gasteiger partial charge in [0.25, 0.3) is 0 Å². The summed E-state index contributed by atoms with van der Waals surface area (Å²) in [7, 11) is 1.93. The van der Waals surface area contributed by atoms with Crippen LogP contribution in [0.3, 0.4) is 0 Å². The smallest absolute Gasteiger partial charge is 0.142 e. The predicted molar refractivity (Wildman–Crippen MR) is 84.4 cm³/mol. The fourth-order valence-corrected chi connectivity index (χ4v) is 2.87. The fraction of sp³-hybridized carbons (Fsp3) is 0.625. The zero-order valence-corrected chi connectivity index (χ0v) is 13.7. The van der Waals surface area contributed by atoms with E-state index in [4.69, 9.17) is 16.3 Å². The average molecular weight is 315 g/mol. The number of likely N-dealkylation sites (N-methyl/N-ethyl adjacent to an activating group) is 1. The Morgan fingerprint density at radius 2 is 2.24 bits per heavy atom. The van der Waals surface area contributed by atoms with E-state index in [1.54, 1.807) is 6.07 Å². The summed E-state index contributed by atoms with van der Waals surface area (Å²) in [4.78, 5) is 2.42. The van der Waals surface area contributed by atoms with Crippen molar-refractivity contribution in [3.63, 3.8) is 0 Å². The van der Waals surface area contributed by atoms with Crippen LogP contribution in [0.15, 0.2) is 18.2 Å². The summed E-state index contributed by atoms with van der Waals surface area (Å²) in [5.41, 5.74) is 0.932. The highest BCUT2D eigenvalue weighted by atomic mass is 35.5. The highest BCUT2D eigenvalue weighted by Crippen LogP contribution is 2.19. The molecule has 0 aliphatic carbocycles. The second-order valence-corrected chi connectivity index (χ2v) is 6.25. The zero-order valence-electron chi connectivity index (χ0n) is 12.9. The lowest BCUT2D eigenvalue weighted by Crippen LogP contribution is -2.53. The number of morpholine rings is 1. The van der Waals surface area contributed by atoms with Gasteiger partial charge in [0.15, 0.2) is 0 Å². The van der Waals surface area contributed by atoms with E-state index in [9.17, 15) is 4.39 Å². The van der Waals surface area contributed by atoms with E-state index in [1.807, 2.05) is 13.1 Å². The number of hydrogen-bond acceptors (Lipinski definition) is 3. The van der Waals surface area contributed by atoms with Crippen LogP contribution >= 0.6 is 11.6 Å². The van der Waals surface area contributed by atoms with Crippen molar-refractivity contribution in [1.82, 2.24) is 10.2 Å². The molecule has 5 heteroatoms. The summed E-state index contributed by atoms with van der Waals surface area (Å²) in [5, 5.41) is 3.47. The second kappa shape index (κ2) is 7.54. The average Bonchev–Trinajstić information content (AvgIpc) is 2.48. The molecule has 1 aromatic rings. The molecule has 3 nitrogen and oxygen atoms in total. The van der Waals surface area contributed by atoms with Gasteiger partial charge in [-0.1, -0.05) is 17.7 Å². The molecule has 0 saturated carbocycles. The maximum Gasteiger partial charge on any atom is 0.142 e. The van der Waals surface area contributed by atoms with Gasteiger partial charge in [-0.05, 0) is 45.0 Å². The molecule has 1 fully saturated rings. The van der Waals surface area contributed by atoms with E-state index in [-0.39, 0.29) is 23.0 Å². The Bertz CT molecular complexity index is 470. The number of nitrogens with zero attached hydrogens (tertiary/aromatic N) is 1. The molecule has 1 saturated heterocycles. The highest BCUT2D eigenvalue weighted by Gasteiger charge is 2.28. The van der Waals surface area contributed by atoms with Crippen LogP contribution in [-0.2, 0) is 11.2 Å². The minimum atomic E-state index is -0.364. The van der Waals surface area contributed by atoms with Gasteiger partial charge >= 0.3 is 0 Å². The molecule has 118 valence electrons. The first kappa shape index (κ1) is 16.7. The van der Waals surface area contributed by atoms with Crippen molar-refractivity contribution in [3.8, 4) is 0 Å². The lowest BCUT2D eigenvalue weighted by atomic mass is 9.99. The Balaban J connectivity index is 2.03. The van der Waals surface area contributed by atoms with Gasteiger partial charge < -0.3 is 10.1 Å². The second-order valence-electron chi connectivity index (χ2n) is 5.85. The molecule has 0 amide bonds. The fourth-order valence-electron chi connectivity index (χ4n) is 2.75. The van der Waals surface area contributed by atoms with Crippen LogP contribution in [0, 0.1) is 5.82 Å². The van der Waals surface area contributed by atoms with Crippen molar-refractivity contribution >= 4 is 11.6 Å². The summed E-state index contributed by atoms with van der Waals surface area (Å²) < 4.78 is 19.5. The molecule has 2 unspecified atom stereocenters. The molecule has 2 rings (SSSR count). The number of benzene rings is 1. The Morgan fingerprint density at radius 3 is 2.86 bits per heavy atom. The molecular formula is C16H24ClFN2O. The van der Waals surface area contributed by atoms with Gasteiger partial charge in [-0.15, -0.1) is 0 Å². The van der Waals surface area contributed by atoms with E-state index in [0.717, 1.165) is 31.7 Å². The molecule has 1 aromatic carbocycles. The quantitative estimate of drug-likeness (QED) is 0.904. The Morgan fingerprint density at radius 1 is 1.48 bits per heavy atom. The largest absolute Gasteiger partial charge is 0.374 e. The number of nitrogens with one attached hydrogen (secondary N) is 1. The first-order valence-electron chi connectivity index (χ1n) is 7.48. The summed E-state index contributed by atoms with van der Waals surface area (Å²) in [6.07, 6.45) is 0.839.